The van der Waals surface area contributed by atoms with Crippen LogP contribution in [0.5, 0.6) is 5.75 Å². The Balaban J connectivity index is 1.55. The van der Waals surface area contributed by atoms with Crippen molar-refractivity contribution in [3.8, 4) is 5.75 Å². The number of hydrogen-bond acceptors (Lipinski definition) is 5. The maximum Gasteiger partial charge on any atom is 0.257 e. The van der Waals surface area contributed by atoms with E-state index in [0.29, 0.717) is 31.2 Å². The molecule has 0 N–H and O–H groups in total. The molecule has 0 aromatic heterocycles. The topological polar surface area (TPSA) is 76.2 Å². The molecule has 2 fully saturated rings. The summed E-state index contributed by atoms with van der Waals surface area (Å²) in [6.45, 7) is 3.39. The highest BCUT2D eigenvalue weighted by atomic mass is 16.5. The molecule has 2 atom stereocenters. The van der Waals surface area contributed by atoms with Crippen molar-refractivity contribution in [2.45, 2.75) is 44.8 Å². The fraction of sp³-hybridized carbons (Fsp3) is 0.400. The van der Waals surface area contributed by atoms with Gasteiger partial charge in [0.15, 0.2) is 0 Å². The third kappa shape index (κ3) is 4.83. The van der Waals surface area contributed by atoms with E-state index in [9.17, 15) is 14.4 Å². The first-order valence-corrected chi connectivity index (χ1v) is 11.1. The van der Waals surface area contributed by atoms with Crippen molar-refractivity contribution in [2.24, 2.45) is 0 Å². The third-order valence-electron chi connectivity index (χ3n) is 5.85. The second-order valence-corrected chi connectivity index (χ2v) is 8.06. The second kappa shape index (κ2) is 9.96. The van der Waals surface area contributed by atoms with Crippen molar-refractivity contribution in [1.29, 1.82) is 0 Å². The highest BCUT2D eigenvalue weighted by Crippen LogP contribution is 2.29. The summed E-state index contributed by atoms with van der Waals surface area (Å²) in [6.07, 6.45) is 1.80. The largest absolute Gasteiger partial charge is 0.494 e. The minimum atomic E-state index is -0.825. The molecule has 2 heterocycles. The summed E-state index contributed by atoms with van der Waals surface area (Å²) in [5.74, 6) is -0.191. The average Bonchev–Trinajstić information content (AvgIpc) is 3.41. The van der Waals surface area contributed by atoms with Gasteiger partial charge in [0.25, 0.3) is 5.91 Å². The van der Waals surface area contributed by atoms with E-state index in [-0.39, 0.29) is 36.7 Å². The van der Waals surface area contributed by atoms with Crippen LogP contribution < -0.4 is 9.64 Å². The van der Waals surface area contributed by atoms with E-state index in [1.54, 1.807) is 29.2 Å². The van der Waals surface area contributed by atoms with Gasteiger partial charge in [0.05, 0.1) is 31.2 Å². The third-order valence-corrected chi connectivity index (χ3v) is 5.85. The normalized spacial score (nSPS) is 20.6. The van der Waals surface area contributed by atoms with E-state index in [0.717, 1.165) is 18.4 Å². The molecule has 0 saturated carbocycles. The lowest BCUT2D eigenvalue weighted by Crippen LogP contribution is -2.49. The molecule has 0 spiro atoms. The summed E-state index contributed by atoms with van der Waals surface area (Å²) < 4.78 is 11.2. The van der Waals surface area contributed by atoms with Crippen LogP contribution in [0.3, 0.4) is 0 Å². The van der Waals surface area contributed by atoms with Crippen LogP contribution in [0.4, 0.5) is 5.69 Å². The van der Waals surface area contributed by atoms with E-state index in [1.807, 2.05) is 37.3 Å². The van der Waals surface area contributed by atoms with Crippen molar-refractivity contribution < 1.29 is 23.9 Å². The van der Waals surface area contributed by atoms with Gasteiger partial charge in [0, 0.05) is 13.2 Å². The van der Waals surface area contributed by atoms with Gasteiger partial charge in [-0.1, -0.05) is 30.3 Å². The molecule has 7 heteroatoms. The smallest absolute Gasteiger partial charge is 0.257 e. The number of carbonyl (C=O) groups is 3. The van der Waals surface area contributed by atoms with Crippen molar-refractivity contribution in [3.05, 3.63) is 60.2 Å². The minimum Gasteiger partial charge on any atom is -0.494 e. The quantitative estimate of drug-likeness (QED) is 0.595. The fourth-order valence-corrected chi connectivity index (χ4v) is 4.27. The molecule has 0 radical (unpaired) electrons. The highest BCUT2D eigenvalue weighted by Gasteiger charge is 2.45. The standard InChI is InChI=1S/C25H28N2O5/c1-2-31-20-12-10-19(11-13-20)27-24(29)16-22(25(27)30)26(17-21-9-6-14-32-21)23(28)15-18-7-4-3-5-8-18/h3-5,7-8,10-13,21-22H,2,6,9,14-17H2,1H3. The molecule has 2 unspecified atom stereocenters. The summed E-state index contributed by atoms with van der Waals surface area (Å²) in [5, 5.41) is 0. The summed E-state index contributed by atoms with van der Waals surface area (Å²) in [4.78, 5) is 42.2. The van der Waals surface area contributed by atoms with Gasteiger partial charge in [-0.25, -0.2) is 4.90 Å². The molecule has 3 amide bonds. The Hall–Kier alpha value is -3.19. The van der Waals surface area contributed by atoms with Gasteiger partial charge in [-0.15, -0.1) is 0 Å². The maximum atomic E-state index is 13.3. The second-order valence-electron chi connectivity index (χ2n) is 8.06. The van der Waals surface area contributed by atoms with Gasteiger partial charge in [-0.2, -0.15) is 0 Å². The molecule has 2 aromatic carbocycles. The van der Waals surface area contributed by atoms with Gasteiger partial charge < -0.3 is 14.4 Å². The van der Waals surface area contributed by atoms with E-state index in [2.05, 4.69) is 0 Å². The first-order chi connectivity index (χ1) is 15.6. The molecule has 0 aliphatic carbocycles. The number of anilines is 1. The molecule has 7 nitrogen and oxygen atoms in total. The Morgan fingerprint density at radius 2 is 1.88 bits per heavy atom. The molecule has 2 aliphatic heterocycles. The zero-order chi connectivity index (χ0) is 22.5. The van der Waals surface area contributed by atoms with E-state index in [1.165, 1.54) is 4.90 Å². The van der Waals surface area contributed by atoms with E-state index < -0.39 is 6.04 Å². The van der Waals surface area contributed by atoms with Gasteiger partial charge in [0.1, 0.15) is 11.8 Å². The number of hydrogen-bond donors (Lipinski definition) is 0. The Bertz CT molecular complexity index is 954. The van der Waals surface area contributed by atoms with Crippen LogP contribution in [-0.2, 0) is 25.5 Å². The van der Waals surface area contributed by atoms with Crippen LogP contribution >= 0.6 is 0 Å². The van der Waals surface area contributed by atoms with Crippen LogP contribution in [0.2, 0.25) is 0 Å². The van der Waals surface area contributed by atoms with Gasteiger partial charge in [-0.05, 0) is 49.6 Å². The lowest BCUT2D eigenvalue weighted by atomic mass is 10.1. The zero-order valence-corrected chi connectivity index (χ0v) is 18.2. The van der Waals surface area contributed by atoms with E-state index >= 15 is 0 Å². The molecule has 2 aromatic rings. The van der Waals surface area contributed by atoms with Crippen molar-refractivity contribution in [1.82, 2.24) is 4.90 Å². The monoisotopic (exact) mass is 436 g/mol. The summed E-state index contributed by atoms with van der Waals surface area (Å²) in [6, 6.07) is 15.5. The number of carbonyl (C=O) groups excluding carboxylic acids is 3. The van der Waals surface area contributed by atoms with Crippen molar-refractivity contribution >= 4 is 23.4 Å². The SMILES string of the molecule is CCOc1ccc(N2C(=O)CC(N(CC3CCCO3)C(=O)Cc3ccccc3)C2=O)cc1. The Labute approximate surface area is 187 Å². The Morgan fingerprint density at radius 3 is 2.53 bits per heavy atom. The van der Waals surface area contributed by atoms with Crippen LogP contribution in [0.1, 0.15) is 31.7 Å². The van der Waals surface area contributed by atoms with Gasteiger partial charge in [-0.3, -0.25) is 14.4 Å². The average molecular weight is 437 g/mol. The van der Waals surface area contributed by atoms with Crippen LogP contribution in [0, 0.1) is 0 Å². The molecular formula is C25H28N2O5. The first-order valence-electron chi connectivity index (χ1n) is 11.1. The number of ether oxygens (including phenoxy) is 2. The van der Waals surface area contributed by atoms with Crippen LogP contribution in [0.25, 0.3) is 0 Å². The highest BCUT2D eigenvalue weighted by molar-refractivity contribution is 6.23. The molecule has 0 bridgehead atoms. The lowest BCUT2D eigenvalue weighted by molar-refractivity contribution is -0.139. The zero-order valence-electron chi connectivity index (χ0n) is 18.2. The Kier molecular flexibility index (Phi) is 6.85. The maximum absolute atomic E-state index is 13.3. The first kappa shape index (κ1) is 22.0. The van der Waals surface area contributed by atoms with E-state index in [4.69, 9.17) is 9.47 Å². The number of nitrogens with zero attached hydrogens (tertiary/aromatic N) is 2. The minimum absolute atomic E-state index is 0.0285. The predicted molar refractivity (Wildman–Crippen MR) is 119 cm³/mol. The molecule has 168 valence electrons. The summed E-state index contributed by atoms with van der Waals surface area (Å²) in [5.41, 5.74) is 1.36. The number of amides is 3. The predicted octanol–water partition coefficient (Wildman–Crippen LogP) is 2.97. The van der Waals surface area contributed by atoms with Crippen molar-refractivity contribution in [2.75, 3.05) is 24.7 Å². The molecular weight excluding hydrogens is 408 g/mol. The lowest BCUT2D eigenvalue weighted by Gasteiger charge is -2.30. The van der Waals surface area contributed by atoms with Gasteiger partial charge in [0.2, 0.25) is 11.8 Å². The van der Waals surface area contributed by atoms with Gasteiger partial charge >= 0.3 is 0 Å². The number of imide groups is 1. The van der Waals surface area contributed by atoms with Crippen LogP contribution in [0.15, 0.2) is 54.6 Å². The van der Waals surface area contributed by atoms with Crippen molar-refractivity contribution in [3.63, 3.8) is 0 Å². The molecule has 2 saturated heterocycles. The molecule has 32 heavy (non-hydrogen) atoms. The molecule has 4 rings (SSSR count). The number of benzene rings is 2. The number of rotatable bonds is 8. The summed E-state index contributed by atoms with van der Waals surface area (Å²) in [7, 11) is 0. The fourth-order valence-electron chi connectivity index (χ4n) is 4.27. The summed E-state index contributed by atoms with van der Waals surface area (Å²) >= 11 is 0. The Morgan fingerprint density at radius 1 is 1.12 bits per heavy atom. The van der Waals surface area contributed by atoms with Crippen LogP contribution in [-0.4, -0.2) is 54.5 Å². The molecule has 2 aliphatic rings.